The van der Waals surface area contributed by atoms with E-state index in [1.165, 1.54) is 25.7 Å². The van der Waals surface area contributed by atoms with Gasteiger partial charge in [-0.05, 0) is 37.5 Å². The van der Waals surface area contributed by atoms with E-state index in [2.05, 4.69) is 17.3 Å². The Morgan fingerprint density at radius 2 is 2.22 bits per heavy atom. The molecule has 1 aromatic heterocycles. The van der Waals surface area contributed by atoms with Crippen molar-refractivity contribution >= 4 is 11.6 Å². The van der Waals surface area contributed by atoms with Gasteiger partial charge in [0.05, 0.1) is 16.4 Å². The van der Waals surface area contributed by atoms with Crippen LogP contribution in [0.15, 0.2) is 0 Å². The molecule has 0 radical (unpaired) electrons. The lowest BCUT2D eigenvalue weighted by atomic mass is 9.95. The highest BCUT2D eigenvalue weighted by molar-refractivity contribution is 6.31. The molecule has 1 N–H and O–H groups in total. The third kappa shape index (κ3) is 2.08. The Labute approximate surface area is 114 Å². The van der Waals surface area contributed by atoms with Crippen LogP contribution in [0.3, 0.4) is 0 Å². The molecule has 1 heterocycles. The third-order valence-electron chi connectivity index (χ3n) is 4.77. The zero-order valence-corrected chi connectivity index (χ0v) is 12.0. The molecule has 0 amide bonds. The first-order valence-corrected chi connectivity index (χ1v) is 7.50. The summed E-state index contributed by atoms with van der Waals surface area (Å²) < 4.78 is 1.93. The van der Waals surface area contributed by atoms with Crippen molar-refractivity contribution in [3.63, 3.8) is 0 Å². The number of rotatable bonds is 4. The fourth-order valence-electron chi connectivity index (χ4n) is 3.73. The second kappa shape index (κ2) is 4.86. The van der Waals surface area contributed by atoms with Gasteiger partial charge in [0.1, 0.15) is 0 Å². The Bertz CT molecular complexity index is 440. The molecule has 0 spiro atoms. The topological polar surface area (TPSA) is 29.9 Å². The lowest BCUT2D eigenvalue weighted by Crippen LogP contribution is -2.34. The second-order valence-corrected chi connectivity index (χ2v) is 6.22. The smallest absolute Gasteiger partial charge is 0.0863 e. The predicted molar refractivity (Wildman–Crippen MR) is 73.7 cm³/mol. The van der Waals surface area contributed by atoms with E-state index in [0.29, 0.717) is 6.04 Å². The van der Waals surface area contributed by atoms with Gasteiger partial charge in [0, 0.05) is 19.6 Å². The second-order valence-electron chi connectivity index (χ2n) is 5.85. The van der Waals surface area contributed by atoms with Gasteiger partial charge in [0.2, 0.25) is 0 Å². The van der Waals surface area contributed by atoms with Crippen LogP contribution in [0.25, 0.3) is 0 Å². The van der Waals surface area contributed by atoms with Gasteiger partial charge >= 0.3 is 0 Å². The first kappa shape index (κ1) is 12.5. The minimum atomic E-state index is 0.708. The molecule has 3 unspecified atom stereocenters. The molecule has 2 fully saturated rings. The molecule has 3 nitrogen and oxygen atoms in total. The molecule has 100 valence electrons. The molecule has 4 heteroatoms. The molecule has 2 aliphatic rings. The van der Waals surface area contributed by atoms with Crippen LogP contribution in [-0.4, -0.2) is 15.8 Å². The summed E-state index contributed by atoms with van der Waals surface area (Å²) in [4.78, 5) is 0. The number of hydrogen-bond donors (Lipinski definition) is 1. The molecule has 0 aliphatic heterocycles. The average Bonchev–Trinajstić information content (AvgIpc) is 3.03. The Balaban J connectivity index is 1.65. The van der Waals surface area contributed by atoms with Crippen molar-refractivity contribution in [3.8, 4) is 0 Å². The van der Waals surface area contributed by atoms with Gasteiger partial charge in [-0.15, -0.1) is 0 Å². The molecule has 2 bridgehead atoms. The Hall–Kier alpha value is -0.540. The van der Waals surface area contributed by atoms with Crippen LogP contribution >= 0.6 is 11.6 Å². The Morgan fingerprint density at radius 1 is 1.39 bits per heavy atom. The lowest BCUT2D eigenvalue weighted by molar-refractivity contribution is 0.347. The van der Waals surface area contributed by atoms with Gasteiger partial charge in [-0.2, -0.15) is 5.10 Å². The molecular formula is C14H22ClN3. The van der Waals surface area contributed by atoms with Crippen LogP contribution < -0.4 is 5.32 Å². The van der Waals surface area contributed by atoms with E-state index in [0.717, 1.165) is 41.2 Å². The summed E-state index contributed by atoms with van der Waals surface area (Å²) >= 11 is 6.37. The summed E-state index contributed by atoms with van der Waals surface area (Å²) in [5.41, 5.74) is 2.15. The van der Waals surface area contributed by atoms with Crippen molar-refractivity contribution in [1.82, 2.24) is 15.1 Å². The van der Waals surface area contributed by atoms with Gasteiger partial charge in [0.25, 0.3) is 0 Å². The molecule has 0 saturated heterocycles. The number of halogens is 1. The van der Waals surface area contributed by atoms with Crippen molar-refractivity contribution in [1.29, 1.82) is 0 Å². The van der Waals surface area contributed by atoms with Gasteiger partial charge in [-0.3, -0.25) is 4.68 Å². The van der Waals surface area contributed by atoms with Crippen LogP contribution in [-0.2, 0) is 20.0 Å². The summed E-state index contributed by atoms with van der Waals surface area (Å²) in [7, 11) is 1.99. The van der Waals surface area contributed by atoms with Crippen molar-refractivity contribution in [2.75, 3.05) is 0 Å². The lowest BCUT2D eigenvalue weighted by Gasteiger charge is -2.23. The van der Waals surface area contributed by atoms with Crippen molar-refractivity contribution in [3.05, 3.63) is 16.4 Å². The molecule has 0 aromatic carbocycles. The molecule has 2 saturated carbocycles. The van der Waals surface area contributed by atoms with E-state index < -0.39 is 0 Å². The first-order chi connectivity index (χ1) is 8.69. The molecule has 1 aromatic rings. The standard InChI is InChI=1S/C14H22ClN3/c1-3-11-14(15)13(18(2)17-11)8-16-12-7-9-4-5-10(12)6-9/h9-10,12,16H,3-8H2,1-2H3. The zero-order chi connectivity index (χ0) is 12.7. The van der Waals surface area contributed by atoms with Crippen LogP contribution in [0, 0.1) is 11.8 Å². The molecule has 3 atom stereocenters. The highest BCUT2D eigenvalue weighted by Crippen LogP contribution is 2.44. The van der Waals surface area contributed by atoms with E-state index in [4.69, 9.17) is 11.6 Å². The van der Waals surface area contributed by atoms with Crippen LogP contribution in [0.2, 0.25) is 5.02 Å². The highest BCUT2D eigenvalue weighted by atomic mass is 35.5. The third-order valence-corrected chi connectivity index (χ3v) is 5.21. The van der Waals surface area contributed by atoms with Crippen LogP contribution in [0.4, 0.5) is 0 Å². The number of aryl methyl sites for hydroxylation is 2. The molecule has 3 rings (SSSR count). The van der Waals surface area contributed by atoms with E-state index in [1.54, 1.807) is 0 Å². The largest absolute Gasteiger partial charge is 0.308 e. The fraction of sp³-hybridized carbons (Fsp3) is 0.786. The normalized spacial score (nSPS) is 30.3. The van der Waals surface area contributed by atoms with E-state index in [-0.39, 0.29) is 0 Å². The molecule has 18 heavy (non-hydrogen) atoms. The van der Waals surface area contributed by atoms with E-state index >= 15 is 0 Å². The summed E-state index contributed by atoms with van der Waals surface area (Å²) in [5.74, 6) is 1.90. The fourth-order valence-corrected chi connectivity index (χ4v) is 4.09. The summed E-state index contributed by atoms with van der Waals surface area (Å²) in [6.45, 7) is 2.96. The van der Waals surface area contributed by atoms with Crippen molar-refractivity contribution in [2.45, 2.75) is 51.6 Å². The average molecular weight is 268 g/mol. The number of nitrogens with one attached hydrogen (secondary N) is 1. The highest BCUT2D eigenvalue weighted by Gasteiger charge is 2.39. The minimum absolute atomic E-state index is 0.708. The van der Waals surface area contributed by atoms with Crippen molar-refractivity contribution in [2.24, 2.45) is 18.9 Å². The summed E-state index contributed by atoms with van der Waals surface area (Å²) in [6, 6.07) is 0.708. The van der Waals surface area contributed by atoms with Crippen LogP contribution in [0.1, 0.15) is 44.0 Å². The first-order valence-electron chi connectivity index (χ1n) is 7.12. The number of aromatic nitrogens is 2. The Kier molecular flexibility index (Phi) is 3.37. The number of hydrogen-bond acceptors (Lipinski definition) is 2. The maximum atomic E-state index is 6.37. The minimum Gasteiger partial charge on any atom is -0.308 e. The van der Waals surface area contributed by atoms with Gasteiger partial charge in [-0.1, -0.05) is 24.9 Å². The molecule has 2 aliphatic carbocycles. The summed E-state index contributed by atoms with van der Waals surface area (Å²) in [5, 5.41) is 9.03. The number of nitrogens with zero attached hydrogens (tertiary/aromatic N) is 2. The molecular weight excluding hydrogens is 246 g/mol. The quantitative estimate of drug-likeness (QED) is 0.909. The zero-order valence-electron chi connectivity index (χ0n) is 11.2. The Morgan fingerprint density at radius 3 is 2.78 bits per heavy atom. The SMILES string of the molecule is CCc1nn(C)c(CNC2CC3CCC2C3)c1Cl. The van der Waals surface area contributed by atoms with Crippen molar-refractivity contribution < 1.29 is 0 Å². The van der Waals surface area contributed by atoms with Gasteiger partial charge in [-0.25, -0.2) is 0 Å². The van der Waals surface area contributed by atoms with Crippen LogP contribution in [0.5, 0.6) is 0 Å². The monoisotopic (exact) mass is 267 g/mol. The van der Waals surface area contributed by atoms with Gasteiger partial charge < -0.3 is 5.32 Å². The van der Waals surface area contributed by atoms with E-state index in [1.807, 2.05) is 11.7 Å². The maximum Gasteiger partial charge on any atom is 0.0863 e. The predicted octanol–water partition coefficient (Wildman–Crippen LogP) is 2.91. The summed E-state index contributed by atoms with van der Waals surface area (Å²) in [6.07, 6.45) is 6.58. The van der Waals surface area contributed by atoms with Gasteiger partial charge in [0.15, 0.2) is 0 Å². The maximum absolute atomic E-state index is 6.37. The number of fused-ring (bicyclic) bond motifs is 2. The van der Waals surface area contributed by atoms with E-state index in [9.17, 15) is 0 Å².